The van der Waals surface area contributed by atoms with Crippen molar-refractivity contribution in [2.24, 2.45) is 10.9 Å². The SMILES string of the molecule is Cc1ccnc(N(CCO)CC(F)F)c1/C(N)=N/O. The molecule has 8 heteroatoms. The fourth-order valence-corrected chi connectivity index (χ4v) is 1.72. The van der Waals surface area contributed by atoms with Crippen molar-refractivity contribution in [2.75, 3.05) is 24.6 Å². The average molecular weight is 274 g/mol. The van der Waals surface area contributed by atoms with Crippen LogP contribution in [0, 0.1) is 6.92 Å². The van der Waals surface area contributed by atoms with E-state index in [2.05, 4.69) is 10.1 Å². The van der Waals surface area contributed by atoms with Crippen molar-refractivity contribution in [3.63, 3.8) is 0 Å². The van der Waals surface area contributed by atoms with E-state index in [9.17, 15) is 8.78 Å². The number of amidine groups is 1. The van der Waals surface area contributed by atoms with E-state index >= 15 is 0 Å². The average Bonchev–Trinajstić information content (AvgIpc) is 2.36. The fourth-order valence-electron chi connectivity index (χ4n) is 1.72. The van der Waals surface area contributed by atoms with E-state index in [0.29, 0.717) is 5.56 Å². The number of nitrogens with zero attached hydrogens (tertiary/aromatic N) is 3. The molecule has 0 saturated heterocycles. The first kappa shape index (κ1) is 15.1. The minimum atomic E-state index is -2.59. The third-order valence-corrected chi connectivity index (χ3v) is 2.53. The molecule has 19 heavy (non-hydrogen) atoms. The molecule has 0 spiro atoms. The second kappa shape index (κ2) is 6.83. The first-order chi connectivity index (χ1) is 9.01. The Labute approximate surface area is 109 Å². The van der Waals surface area contributed by atoms with E-state index in [1.807, 2.05) is 0 Å². The number of pyridine rings is 1. The summed E-state index contributed by atoms with van der Waals surface area (Å²) in [6.45, 7) is 0.769. The van der Waals surface area contributed by atoms with Crippen LogP contribution in [-0.4, -0.2) is 47.3 Å². The molecule has 0 fully saturated rings. The molecule has 1 aromatic heterocycles. The van der Waals surface area contributed by atoms with Gasteiger partial charge in [-0.25, -0.2) is 13.8 Å². The first-order valence-corrected chi connectivity index (χ1v) is 5.58. The Hall–Kier alpha value is -1.96. The number of hydrogen-bond acceptors (Lipinski definition) is 5. The van der Waals surface area contributed by atoms with Crippen LogP contribution in [0.25, 0.3) is 0 Å². The minimum Gasteiger partial charge on any atom is -0.409 e. The standard InChI is InChI=1S/C11H16F2N4O2/c1-7-2-3-15-11(9(7)10(14)16-19)17(4-5-18)6-8(12)13/h2-3,8,18-19H,4-6H2,1H3,(H2,14,16). The van der Waals surface area contributed by atoms with E-state index in [0.717, 1.165) is 0 Å². The molecule has 1 aromatic rings. The van der Waals surface area contributed by atoms with Crippen LogP contribution in [0.2, 0.25) is 0 Å². The predicted molar refractivity (Wildman–Crippen MR) is 66.8 cm³/mol. The summed E-state index contributed by atoms with van der Waals surface area (Å²) in [5.74, 6) is -0.0533. The highest BCUT2D eigenvalue weighted by Crippen LogP contribution is 2.21. The molecule has 1 heterocycles. The minimum absolute atomic E-state index is 0.0213. The Morgan fingerprint density at radius 3 is 2.79 bits per heavy atom. The van der Waals surface area contributed by atoms with Gasteiger partial charge < -0.3 is 20.9 Å². The van der Waals surface area contributed by atoms with Crippen LogP contribution in [0.15, 0.2) is 17.4 Å². The topological polar surface area (TPSA) is 95.0 Å². The fraction of sp³-hybridized carbons (Fsp3) is 0.455. The third kappa shape index (κ3) is 3.75. The lowest BCUT2D eigenvalue weighted by Gasteiger charge is -2.25. The van der Waals surface area contributed by atoms with Gasteiger partial charge in [-0.05, 0) is 18.6 Å². The zero-order chi connectivity index (χ0) is 14.4. The summed E-state index contributed by atoms with van der Waals surface area (Å²) in [4.78, 5) is 5.19. The van der Waals surface area contributed by atoms with E-state index in [4.69, 9.17) is 16.0 Å². The lowest BCUT2D eigenvalue weighted by atomic mass is 10.1. The zero-order valence-corrected chi connectivity index (χ0v) is 10.4. The van der Waals surface area contributed by atoms with Crippen molar-refractivity contribution in [2.45, 2.75) is 13.3 Å². The van der Waals surface area contributed by atoms with Gasteiger partial charge in [0, 0.05) is 12.7 Å². The summed E-state index contributed by atoms with van der Waals surface area (Å²) < 4.78 is 25.1. The molecule has 1 rings (SSSR count). The number of halogens is 2. The molecule has 0 radical (unpaired) electrons. The molecular weight excluding hydrogens is 258 g/mol. The maximum absolute atomic E-state index is 12.5. The highest BCUT2D eigenvalue weighted by atomic mass is 19.3. The Bertz CT molecular complexity index is 454. The van der Waals surface area contributed by atoms with Gasteiger partial charge in [-0.2, -0.15) is 0 Å². The van der Waals surface area contributed by atoms with E-state index in [1.165, 1.54) is 11.1 Å². The summed E-state index contributed by atoms with van der Waals surface area (Å²) >= 11 is 0. The smallest absolute Gasteiger partial charge is 0.255 e. The molecule has 0 aromatic carbocycles. The Kier molecular flexibility index (Phi) is 5.43. The van der Waals surface area contributed by atoms with Crippen molar-refractivity contribution >= 4 is 11.7 Å². The van der Waals surface area contributed by atoms with Crippen molar-refractivity contribution in [3.8, 4) is 0 Å². The van der Waals surface area contributed by atoms with Gasteiger partial charge in [0.1, 0.15) is 5.82 Å². The highest BCUT2D eigenvalue weighted by molar-refractivity contribution is 6.02. The first-order valence-electron chi connectivity index (χ1n) is 5.58. The summed E-state index contributed by atoms with van der Waals surface area (Å²) in [6, 6.07) is 1.62. The number of hydrogen-bond donors (Lipinski definition) is 3. The molecular formula is C11H16F2N4O2. The van der Waals surface area contributed by atoms with Gasteiger partial charge in [0.05, 0.1) is 18.7 Å². The van der Waals surface area contributed by atoms with Crippen LogP contribution in [0.1, 0.15) is 11.1 Å². The quantitative estimate of drug-likeness (QED) is 0.305. The molecule has 106 valence electrons. The monoisotopic (exact) mass is 274 g/mol. The Morgan fingerprint density at radius 2 is 2.26 bits per heavy atom. The lowest BCUT2D eigenvalue weighted by molar-refractivity contribution is 0.152. The summed E-state index contributed by atoms with van der Waals surface area (Å²) in [7, 11) is 0. The Balaban J connectivity index is 3.25. The van der Waals surface area contributed by atoms with Crippen LogP contribution < -0.4 is 10.6 Å². The molecule has 4 N–H and O–H groups in total. The van der Waals surface area contributed by atoms with Crippen molar-refractivity contribution in [1.82, 2.24) is 4.98 Å². The molecule has 0 amide bonds. The Morgan fingerprint density at radius 1 is 1.58 bits per heavy atom. The van der Waals surface area contributed by atoms with E-state index in [-0.39, 0.29) is 30.4 Å². The van der Waals surface area contributed by atoms with E-state index < -0.39 is 13.0 Å². The van der Waals surface area contributed by atoms with Gasteiger partial charge in [-0.15, -0.1) is 0 Å². The summed E-state index contributed by atoms with van der Waals surface area (Å²) in [5.41, 5.74) is 6.46. The van der Waals surface area contributed by atoms with Crippen LogP contribution in [0.5, 0.6) is 0 Å². The number of rotatable bonds is 6. The molecule has 0 unspecified atom stereocenters. The largest absolute Gasteiger partial charge is 0.409 e. The van der Waals surface area contributed by atoms with Crippen LogP contribution in [0.3, 0.4) is 0 Å². The number of aryl methyl sites for hydroxylation is 1. The normalized spacial score (nSPS) is 11.9. The molecule has 0 aliphatic carbocycles. The second-order valence-electron chi connectivity index (χ2n) is 3.87. The van der Waals surface area contributed by atoms with Gasteiger partial charge in [-0.1, -0.05) is 5.16 Å². The second-order valence-corrected chi connectivity index (χ2v) is 3.87. The maximum Gasteiger partial charge on any atom is 0.255 e. The van der Waals surface area contributed by atoms with Gasteiger partial charge >= 0.3 is 0 Å². The predicted octanol–water partition coefficient (Wildman–Crippen LogP) is 0.548. The molecule has 0 atom stereocenters. The molecule has 0 aliphatic heterocycles. The maximum atomic E-state index is 12.5. The van der Waals surface area contributed by atoms with Gasteiger partial charge in [0.25, 0.3) is 6.43 Å². The van der Waals surface area contributed by atoms with Gasteiger partial charge in [-0.3, -0.25) is 0 Å². The van der Waals surface area contributed by atoms with Crippen molar-refractivity contribution in [1.29, 1.82) is 0 Å². The summed E-state index contributed by atoms with van der Waals surface area (Å²) in [6.07, 6.45) is -1.15. The van der Waals surface area contributed by atoms with Crippen molar-refractivity contribution < 1.29 is 19.1 Å². The van der Waals surface area contributed by atoms with Crippen LogP contribution in [0.4, 0.5) is 14.6 Å². The number of aliphatic hydroxyl groups excluding tert-OH is 1. The number of aromatic nitrogens is 1. The van der Waals surface area contributed by atoms with Crippen LogP contribution in [-0.2, 0) is 0 Å². The zero-order valence-electron chi connectivity index (χ0n) is 10.4. The number of oxime groups is 1. The highest BCUT2D eigenvalue weighted by Gasteiger charge is 2.20. The number of anilines is 1. The molecule has 0 bridgehead atoms. The van der Waals surface area contributed by atoms with Gasteiger partial charge in [0.15, 0.2) is 5.84 Å². The number of nitrogens with two attached hydrogens (primary N) is 1. The molecule has 0 saturated carbocycles. The summed E-state index contributed by atoms with van der Waals surface area (Å²) in [5, 5.41) is 20.6. The number of alkyl halides is 2. The van der Waals surface area contributed by atoms with Crippen LogP contribution >= 0.6 is 0 Å². The van der Waals surface area contributed by atoms with Gasteiger partial charge in [0.2, 0.25) is 0 Å². The van der Waals surface area contributed by atoms with E-state index in [1.54, 1.807) is 13.0 Å². The van der Waals surface area contributed by atoms with Crippen molar-refractivity contribution in [3.05, 3.63) is 23.4 Å². The molecule has 0 aliphatic rings. The molecule has 6 nitrogen and oxygen atoms in total. The third-order valence-electron chi connectivity index (χ3n) is 2.53. The lowest BCUT2D eigenvalue weighted by Crippen LogP contribution is -2.34. The number of aliphatic hydroxyl groups is 1.